The van der Waals surface area contributed by atoms with Gasteiger partial charge in [-0.05, 0) is 46.1 Å². The van der Waals surface area contributed by atoms with Gasteiger partial charge in [0.2, 0.25) is 5.91 Å². The van der Waals surface area contributed by atoms with Crippen LogP contribution in [0.3, 0.4) is 0 Å². The molecule has 21 heavy (non-hydrogen) atoms. The van der Waals surface area contributed by atoms with Crippen molar-refractivity contribution in [3.05, 3.63) is 0 Å². The topological polar surface area (TPSA) is 35.6 Å². The number of piperidine rings is 1. The van der Waals surface area contributed by atoms with Crippen LogP contribution in [0.2, 0.25) is 0 Å². The van der Waals surface area contributed by atoms with Crippen molar-refractivity contribution in [1.82, 2.24) is 15.1 Å². The van der Waals surface area contributed by atoms with Crippen LogP contribution < -0.4 is 5.32 Å². The van der Waals surface area contributed by atoms with Crippen molar-refractivity contribution in [1.29, 1.82) is 0 Å². The summed E-state index contributed by atoms with van der Waals surface area (Å²) in [6, 6.07) is 1.50. The number of amides is 1. The van der Waals surface area contributed by atoms with Crippen LogP contribution in [0.15, 0.2) is 0 Å². The van der Waals surface area contributed by atoms with Crippen LogP contribution in [0, 0.1) is 0 Å². The second kappa shape index (κ2) is 9.88. The highest BCUT2D eigenvalue weighted by atomic mass is 35.5. The number of rotatable bonds is 4. The fourth-order valence-electron chi connectivity index (χ4n) is 3.28. The Morgan fingerprint density at radius 1 is 1.24 bits per heavy atom. The Bertz CT molecular complexity index is 301. The van der Waals surface area contributed by atoms with Crippen molar-refractivity contribution in [2.75, 3.05) is 26.7 Å². The molecular formula is C15H31Cl2N3O. The van der Waals surface area contributed by atoms with Crippen LogP contribution in [0.1, 0.15) is 46.0 Å². The highest BCUT2D eigenvalue weighted by Crippen LogP contribution is 2.19. The number of hydrogen-bond donors (Lipinski definition) is 1. The zero-order chi connectivity index (χ0) is 13.8. The van der Waals surface area contributed by atoms with Crippen LogP contribution in [-0.4, -0.2) is 60.5 Å². The summed E-state index contributed by atoms with van der Waals surface area (Å²) < 4.78 is 0. The van der Waals surface area contributed by atoms with Gasteiger partial charge in [0, 0.05) is 44.7 Å². The maximum absolute atomic E-state index is 12.3. The van der Waals surface area contributed by atoms with Crippen molar-refractivity contribution < 1.29 is 4.79 Å². The molecule has 2 aliphatic heterocycles. The first-order valence-electron chi connectivity index (χ1n) is 7.81. The van der Waals surface area contributed by atoms with Gasteiger partial charge >= 0.3 is 0 Å². The van der Waals surface area contributed by atoms with Gasteiger partial charge in [-0.15, -0.1) is 24.8 Å². The molecule has 0 aromatic heterocycles. The van der Waals surface area contributed by atoms with E-state index in [0.29, 0.717) is 30.5 Å². The first-order chi connectivity index (χ1) is 9.08. The Hall–Kier alpha value is -0.0300. The minimum Gasteiger partial charge on any atom is -0.343 e. The van der Waals surface area contributed by atoms with Gasteiger partial charge in [0.1, 0.15) is 0 Å². The summed E-state index contributed by atoms with van der Waals surface area (Å²) in [6.07, 6.45) is 5.30. The Kier molecular flexibility index (Phi) is 9.87. The number of halogens is 2. The Morgan fingerprint density at radius 2 is 1.86 bits per heavy atom. The van der Waals surface area contributed by atoms with Gasteiger partial charge < -0.3 is 15.1 Å². The van der Waals surface area contributed by atoms with Crippen molar-refractivity contribution in [3.63, 3.8) is 0 Å². The summed E-state index contributed by atoms with van der Waals surface area (Å²) in [5, 5.41) is 3.41. The summed E-state index contributed by atoms with van der Waals surface area (Å²) in [7, 11) is 1.99. The summed E-state index contributed by atoms with van der Waals surface area (Å²) >= 11 is 0. The van der Waals surface area contributed by atoms with Crippen LogP contribution in [-0.2, 0) is 4.79 Å². The first kappa shape index (κ1) is 21.0. The molecule has 1 amide bonds. The molecule has 1 N–H and O–H groups in total. The lowest BCUT2D eigenvalue weighted by molar-refractivity contribution is -0.133. The summed E-state index contributed by atoms with van der Waals surface area (Å²) in [5.74, 6) is 0.322. The third kappa shape index (κ3) is 5.93. The molecule has 1 atom stereocenters. The number of carbonyl (C=O) groups is 1. The molecule has 0 aromatic carbocycles. The maximum atomic E-state index is 12.3. The zero-order valence-corrected chi connectivity index (χ0v) is 15.1. The number of carbonyl (C=O) groups excluding carboxylic acids is 1. The Morgan fingerprint density at radius 3 is 2.33 bits per heavy atom. The van der Waals surface area contributed by atoms with E-state index in [4.69, 9.17) is 0 Å². The largest absolute Gasteiger partial charge is 0.343 e. The van der Waals surface area contributed by atoms with E-state index in [1.165, 1.54) is 6.42 Å². The predicted octanol–water partition coefficient (Wildman–Crippen LogP) is 2.30. The maximum Gasteiger partial charge on any atom is 0.224 e. The molecule has 6 heteroatoms. The molecule has 0 aromatic rings. The molecule has 1 unspecified atom stereocenters. The molecule has 2 saturated heterocycles. The Labute approximate surface area is 141 Å². The lowest BCUT2D eigenvalue weighted by atomic mass is 10.0. The van der Waals surface area contributed by atoms with E-state index < -0.39 is 0 Å². The third-order valence-electron chi connectivity index (χ3n) is 4.75. The van der Waals surface area contributed by atoms with E-state index in [1.54, 1.807) is 0 Å². The quantitative estimate of drug-likeness (QED) is 0.853. The summed E-state index contributed by atoms with van der Waals surface area (Å²) in [6.45, 7) is 7.83. The van der Waals surface area contributed by atoms with Crippen LogP contribution in [0.4, 0.5) is 0 Å². The molecule has 0 radical (unpaired) electrons. The van der Waals surface area contributed by atoms with Gasteiger partial charge in [-0.25, -0.2) is 0 Å². The van der Waals surface area contributed by atoms with E-state index in [1.807, 2.05) is 11.9 Å². The number of likely N-dealkylation sites (tertiary alicyclic amines) is 1. The predicted molar refractivity (Wildman–Crippen MR) is 92.6 cm³/mol. The fraction of sp³-hybridized carbons (Fsp3) is 0.933. The molecule has 2 fully saturated rings. The van der Waals surface area contributed by atoms with Gasteiger partial charge in [-0.1, -0.05) is 0 Å². The normalized spacial score (nSPS) is 23.5. The van der Waals surface area contributed by atoms with Crippen molar-refractivity contribution >= 4 is 30.7 Å². The fourth-order valence-corrected chi connectivity index (χ4v) is 3.28. The van der Waals surface area contributed by atoms with E-state index in [0.717, 1.165) is 38.9 Å². The van der Waals surface area contributed by atoms with E-state index in [-0.39, 0.29) is 24.8 Å². The van der Waals surface area contributed by atoms with Gasteiger partial charge in [0.15, 0.2) is 0 Å². The molecular weight excluding hydrogens is 309 g/mol. The molecule has 0 spiro atoms. The number of hydrogen-bond acceptors (Lipinski definition) is 3. The number of nitrogens with zero attached hydrogens (tertiary/aromatic N) is 2. The van der Waals surface area contributed by atoms with Gasteiger partial charge in [0.05, 0.1) is 0 Å². The SMILES string of the molecule is CC(C)N1CCC(N(C)C(=O)CC2CCCN2)CC1.Cl.Cl. The minimum absolute atomic E-state index is 0. The molecule has 4 nitrogen and oxygen atoms in total. The smallest absolute Gasteiger partial charge is 0.224 e. The molecule has 0 bridgehead atoms. The second-order valence-corrected chi connectivity index (χ2v) is 6.36. The molecule has 2 rings (SSSR count). The molecule has 2 aliphatic rings. The molecule has 0 saturated carbocycles. The van der Waals surface area contributed by atoms with Gasteiger partial charge in [-0.2, -0.15) is 0 Å². The van der Waals surface area contributed by atoms with Crippen molar-refractivity contribution in [3.8, 4) is 0 Å². The molecule has 2 heterocycles. The van der Waals surface area contributed by atoms with Crippen molar-refractivity contribution in [2.45, 2.75) is 64.1 Å². The van der Waals surface area contributed by atoms with Gasteiger partial charge in [0.25, 0.3) is 0 Å². The standard InChI is InChI=1S/C15H29N3O.2ClH/c1-12(2)18-9-6-14(7-10-18)17(3)15(19)11-13-5-4-8-16-13;;/h12-14,16H,4-11H2,1-3H3;2*1H. The molecule has 0 aliphatic carbocycles. The number of nitrogens with one attached hydrogen (secondary N) is 1. The van der Waals surface area contributed by atoms with Crippen molar-refractivity contribution in [2.24, 2.45) is 0 Å². The van der Waals surface area contributed by atoms with E-state index >= 15 is 0 Å². The monoisotopic (exact) mass is 339 g/mol. The Balaban J connectivity index is 0.00000200. The highest BCUT2D eigenvalue weighted by molar-refractivity contribution is 5.85. The zero-order valence-electron chi connectivity index (χ0n) is 13.5. The van der Waals surface area contributed by atoms with Crippen LogP contribution >= 0.6 is 24.8 Å². The average molecular weight is 340 g/mol. The lowest BCUT2D eigenvalue weighted by Crippen LogP contribution is -2.48. The van der Waals surface area contributed by atoms with Gasteiger partial charge in [-0.3, -0.25) is 4.79 Å². The first-order valence-corrected chi connectivity index (χ1v) is 7.81. The minimum atomic E-state index is 0. The summed E-state index contributed by atoms with van der Waals surface area (Å²) in [4.78, 5) is 16.8. The average Bonchev–Trinajstić information content (AvgIpc) is 2.90. The summed E-state index contributed by atoms with van der Waals surface area (Å²) in [5.41, 5.74) is 0. The molecule has 126 valence electrons. The van der Waals surface area contributed by atoms with E-state index in [9.17, 15) is 4.79 Å². The lowest BCUT2D eigenvalue weighted by Gasteiger charge is -2.38. The van der Waals surface area contributed by atoms with Crippen LogP contribution in [0.25, 0.3) is 0 Å². The van der Waals surface area contributed by atoms with E-state index in [2.05, 4.69) is 24.1 Å². The second-order valence-electron chi connectivity index (χ2n) is 6.36. The third-order valence-corrected chi connectivity index (χ3v) is 4.75. The van der Waals surface area contributed by atoms with Crippen LogP contribution in [0.5, 0.6) is 0 Å². The highest BCUT2D eigenvalue weighted by Gasteiger charge is 2.27.